The highest BCUT2D eigenvalue weighted by atomic mass is 15.3. The summed E-state index contributed by atoms with van der Waals surface area (Å²) in [5, 5.41) is 0. The fourth-order valence-corrected chi connectivity index (χ4v) is 4.13. The van der Waals surface area contributed by atoms with Gasteiger partial charge < -0.3 is 9.47 Å². The number of likely N-dealkylation sites (tertiary alicyclic amines) is 2. The van der Waals surface area contributed by atoms with E-state index >= 15 is 0 Å². The number of nitrogens with zero attached hydrogens (tertiary/aromatic N) is 5. The Morgan fingerprint density at radius 3 is 2.77 bits per heavy atom. The highest BCUT2D eigenvalue weighted by Gasteiger charge is 2.31. The molecule has 2 atom stereocenters. The minimum Gasteiger partial charge on any atom is -0.307 e. The van der Waals surface area contributed by atoms with Crippen LogP contribution in [-0.2, 0) is 0 Å². The average Bonchev–Trinajstić information content (AvgIpc) is 3.10. The molecule has 0 bridgehead atoms. The van der Waals surface area contributed by atoms with Crippen LogP contribution in [0.1, 0.15) is 43.6 Å². The molecular formula is C17H25N5. The molecule has 4 rings (SSSR count). The molecule has 0 amide bonds. The third kappa shape index (κ3) is 2.32. The van der Waals surface area contributed by atoms with Crippen LogP contribution in [0.15, 0.2) is 18.3 Å². The summed E-state index contributed by atoms with van der Waals surface area (Å²) in [7, 11) is 4.45. The van der Waals surface area contributed by atoms with Crippen LogP contribution in [0, 0.1) is 0 Å². The molecule has 0 aliphatic carbocycles. The van der Waals surface area contributed by atoms with E-state index in [0.717, 1.165) is 17.7 Å². The lowest BCUT2D eigenvalue weighted by Crippen LogP contribution is -2.35. The van der Waals surface area contributed by atoms with Crippen molar-refractivity contribution in [2.75, 3.05) is 33.7 Å². The maximum Gasteiger partial charge on any atom is 0.160 e. The summed E-state index contributed by atoms with van der Waals surface area (Å²) in [6, 6.07) is 5.04. The summed E-state index contributed by atoms with van der Waals surface area (Å²) >= 11 is 0. The van der Waals surface area contributed by atoms with Gasteiger partial charge in [-0.2, -0.15) is 0 Å². The molecule has 5 heteroatoms. The van der Waals surface area contributed by atoms with Crippen molar-refractivity contribution in [1.29, 1.82) is 0 Å². The summed E-state index contributed by atoms with van der Waals surface area (Å²) in [6.45, 7) is 3.48. The van der Waals surface area contributed by atoms with Gasteiger partial charge in [0.2, 0.25) is 0 Å². The van der Waals surface area contributed by atoms with Crippen molar-refractivity contribution in [3.8, 4) is 0 Å². The van der Waals surface area contributed by atoms with E-state index in [0.29, 0.717) is 12.1 Å². The van der Waals surface area contributed by atoms with Crippen molar-refractivity contribution < 1.29 is 0 Å². The number of hydrogen-bond donors (Lipinski definition) is 0. The summed E-state index contributed by atoms with van der Waals surface area (Å²) in [5.74, 6) is 1.23. The Morgan fingerprint density at radius 1 is 1.14 bits per heavy atom. The van der Waals surface area contributed by atoms with Gasteiger partial charge in [0, 0.05) is 18.8 Å². The molecule has 2 aliphatic rings. The van der Waals surface area contributed by atoms with Crippen molar-refractivity contribution in [2.45, 2.75) is 37.8 Å². The van der Waals surface area contributed by atoms with Crippen LogP contribution in [0.5, 0.6) is 0 Å². The van der Waals surface area contributed by atoms with E-state index in [1.807, 2.05) is 12.3 Å². The van der Waals surface area contributed by atoms with Crippen molar-refractivity contribution >= 4 is 11.2 Å². The normalized spacial score (nSPS) is 27.7. The Kier molecular flexibility index (Phi) is 3.62. The smallest absolute Gasteiger partial charge is 0.160 e. The highest BCUT2D eigenvalue weighted by Crippen LogP contribution is 2.35. The van der Waals surface area contributed by atoms with E-state index in [9.17, 15) is 0 Å². The molecule has 2 aromatic rings. The lowest BCUT2D eigenvalue weighted by Gasteiger charge is -2.33. The number of aromatic nitrogens is 3. The molecule has 118 valence electrons. The Hall–Kier alpha value is -1.46. The molecule has 0 N–H and O–H groups in total. The lowest BCUT2D eigenvalue weighted by molar-refractivity contribution is 0.204. The molecule has 5 nitrogen and oxygen atoms in total. The zero-order chi connectivity index (χ0) is 15.1. The van der Waals surface area contributed by atoms with Crippen LogP contribution in [0.2, 0.25) is 0 Å². The molecule has 4 heterocycles. The maximum absolute atomic E-state index is 4.99. The predicted octanol–water partition coefficient (Wildman–Crippen LogP) is 2.46. The second kappa shape index (κ2) is 5.63. The van der Waals surface area contributed by atoms with E-state index < -0.39 is 0 Å². The number of hydrogen-bond acceptors (Lipinski definition) is 4. The Labute approximate surface area is 131 Å². The van der Waals surface area contributed by atoms with Crippen molar-refractivity contribution in [2.24, 2.45) is 0 Å². The van der Waals surface area contributed by atoms with Crippen molar-refractivity contribution in [3.05, 3.63) is 24.2 Å². The predicted molar refractivity (Wildman–Crippen MR) is 87.9 cm³/mol. The van der Waals surface area contributed by atoms with Crippen molar-refractivity contribution in [1.82, 2.24) is 24.3 Å². The molecule has 2 fully saturated rings. The van der Waals surface area contributed by atoms with E-state index in [-0.39, 0.29) is 0 Å². The number of pyridine rings is 1. The van der Waals surface area contributed by atoms with Gasteiger partial charge in [-0.1, -0.05) is 0 Å². The van der Waals surface area contributed by atoms with Gasteiger partial charge in [-0.25, -0.2) is 9.97 Å². The molecule has 2 unspecified atom stereocenters. The Balaban J connectivity index is 1.82. The maximum atomic E-state index is 4.99. The summed E-state index contributed by atoms with van der Waals surface area (Å²) in [5.41, 5.74) is 2.11. The number of fused-ring (bicyclic) bond motifs is 1. The number of rotatable bonds is 2. The van der Waals surface area contributed by atoms with E-state index in [1.165, 1.54) is 44.6 Å². The zero-order valence-corrected chi connectivity index (χ0v) is 13.6. The zero-order valence-electron chi connectivity index (χ0n) is 13.6. The first-order chi connectivity index (χ1) is 10.7. The SMILES string of the molecule is CN1CCCC(n2c(C3CCCN3C)nc3cccnc32)C1. The van der Waals surface area contributed by atoms with Crippen LogP contribution in [0.3, 0.4) is 0 Å². The largest absolute Gasteiger partial charge is 0.307 e. The first-order valence-electron chi connectivity index (χ1n) is 8.45. The molecule has 0 saturated carbocycles. The van der Waals surface area contributed by atoms with Crippen molar-refractivity contribution in [3.63, 3.8) is 0 Å². The molecule has 2 aromatic heterocycles. The Morgan fingerprint density at radius 2 is 2.00 bits per heavy atom. The Bertz CT molecular complexity index is 664. The molecule has 0 radical (unpaired) electrons. The first-order valence-corrected chi connectivity index (χ1v) is 8.45. The standard InChI is InChI=1S/C17H25N5/c1-20-10-4-6-13(12-20)22-16-14(7-3-9-18-16)19-17(22)15-8-5-11-21(15)2/h3,7,9,13,15H,4-6,8,10-12H2,1-2H3. The van der Waals surface area contributed by atoms with Gasteiger partial charge in [-0.05, 0) is 65.0 Å². The van der Waals surface area contributed by atoms with Crippen LogP contribution in [0.25, 0.3) is 11.2 Å². The second-order valence-electron chi connectivity index (χ2n) is 6.88. The number of imidazole rings is 1. The van der Waals surface area contributed by atoms with Gasteiger partial charge in [-0.3, -0.25) is 4.90 Å². The van der Waals surface area contributed by atoms with Gasteiger partial charge in [-0.15, -0.1) is 0 Å². The summed E-state index contributed by atoms with van der Waals surface area (Å²) in [6.07, 6.45) is 6.86. The second-order valence-corrected chi connectivity index (χ2v) is 6.88. The lowest BCUT2D eigenvalue weighted by atomic mass is 10.1. The topological polar surface area (TPSA) is 37.2 Å². The highest BCUT2D eigenvalue weighted by molar-refractivity contribution is 5.71. The molecule has 2 aliphatic heterocycles. The molecule has 2 saturated heterocycles. The third-order valence-electron chi connectivity index (χ3n) is 5.26. The molecule has 0 aromatic carbocycles. The minimum atomic E-state index is 0.446. The van der Waals surface area contributed by atoms with Crippen LogP contribution in [-0.4, -0.2) is 58.1 Å². The average molecular weight is 299 g/mol. The quantitative estimate of drug-likeness (QED) is 0.853. The van der Waals surface area contributed by atoms with Gasteiger partial charge in [0.25, 0.3) is 0 Å². The van der Waals surface area contributed by atoms with E-state index in [4.69, 9.17) is 4.98 Å². The summed E-state index contributed by atoms with van der Waals surface area (Å²) in [4.78, 5) is 14.5. The number of likely N-dealkylation sites (N-methyl/N-ethyl adjacent to an activating group) is 1. The van der Waals surface area contributed by atoms with Crippen LogP contribution >= 0.6 is 0 Å². The van der Waals surface area contributed by atoms with E-state index in [2.05, 4.69) is 39.5 Å². The minimum absolute atomic E-state index is 0.446. The third-order valence-corrected chi connectivity index (χ3v) is 5.26. The monoisotopic (exact) mass is 299 g/mol. The van der Waals surface area contributed by atoms with Gasteiger partial charge in [0.1, 0.15) is 11.3 Å². The fourth-order valence-electron chi connectivity index (χ4n) is 4.13. The first kappa shape index (κ1) is 14.2. The van der Waals surface area contributed by atoms with Crippen LogP contribution < -0.4 is 0 Å². The summed E-state index contributed by atoms with van der Waals surface area (Å²) < 4.78 is 2.46. The molecule has 22 heavy (non-hydrogen) atoms. The van der Waals surface area contributed by atoms with Gasteiger partial charge >= 0.3 is 0 Å². The molecule has 0 spiro atoms. The van der Waals surface area contributed by atoms with Gasteiger partial charge in [0.05, 0.1) is 6.04 Å². The van der Waals surface area contributed by atoms with Gasteiger partial charge in [0.15, 0.2) is 5.65 Å². The van der Waals surface area contributed by atoms with E-state index in [1.54, 1.807) is 0 Å². The number of piperidine rings is 1. The van der Waals surface area contributed by atoms with Crippen LogP contribution in [0.4, 0.5) is 0 Å². The fraction of sp³-hybridized carbons (Fsp3) is 0.647. The molecular weight excluding hydrogens is 274 g/mol.